The third-order valence-corrected chi connectivity index (χ3v) is 4.67. The molecule has 0 bridgehead atoms. The third-order valence-electron chi connectivity index (χ3n) is 4.67. The Labute approximate surface area is 141 Å². The number of carbonyl (C=O) groups is 2. The van der Waals surface area contributed by atoms with Crippen LogP contribution in [0.1, 0.15) is 44.7 Å². The monoisotopic (exact) mass is 331 g/mol. The van der Waals surface area contributed by atoms with Crippen molar-refractivity contribution in [1.29, 1.82) is 5.26 Å². The lowest BCUT2D eigenvalue weighted by atomic mass is 9.94. The Bertz CT molecular complexity index is 653. The molecule has 1 saturated heterocycles. The number of piperazine rings is 1. The maximum atomic E-state index is 13.2. The lowest BCUT2D eigenvalue weighted by Crippen LogP contribution is -2.63. The van der Waals surface area contributed by atoms with Crippen LogP contribution < -0.4 is 0 Å². The Morgan fingerprint density at radius 1 is 1.25 bits per heavy atom. The number of nitrogens with zero attached hydrogens (tertiary/aromatic N) is 3. The van der Waals surface area contributed by atoms with Gasteiger partial charge in [-0.25, -0.2) is 4.39 Å². The summed E-state index contributed by atoms with van der Waals surface area (Å²) in [6.07, 6.45) is 1.10. The number of carbonyl (C=O) groups excluding carboxylic acids is 2. The molecular formula is C18H22FN3O2. The van der Waals surface area contributed by atoms with Gasteiger partial charge in [0.15, 0.2) is 0 Å². The second kappa shape index (κ2) is 7.43. The summed E-state index contributed by atoms with van der Waals surface area (Å²) in [5.74, 6) is -0.641. The van der Waals surface area contributed by atoms with Gasteiger partial charge in [0.05, 0.1) is 12.1 Å². The maximum absolute atomic E-state index is 13.2. The number of amides is 2. The van der Waals surface area contributed by atoms with Crippen LogP contribution in [0.25, 0.3) is 0 Å². The van der Waals surface area contributed by atoms with Gasteiger partial charge in [0.1, 0.15) is 17.9 Å². The fraction of sp³-hybridized carbons (Fsp3) is 0.500. The van der Waals surface area contributed by atoms with Gasteiger partial charge in [-0.05, 0) is 37.5 Å². The van der Waals surface area contributed by atoms with Crippen molar-refractivity contribution in [2.45, 2.75) is 51.2 Å². The Hall–Kier alpha value is -2.42. The molecule has 0 aliphatic carbocycles. The highest BCUT2D eigenvalue weighted by molar-refractivity contribution is 5.96. The lowest BCUT2D eigenvalue weighted by Gasteiger charge is -2.46. The van der Waals surface area contributed by atoms with Crippen LogP contribution >= 0.6 is 0 Å². The zero-order valence-electron chi connectivity index (χ0n) is 14.2. The summed E-state index contributed by atoms with van der Waals surface area (Å²) in [6.45, 7) is 3.63. The number of hydrogen-bond donors (Lipinski definition) is 0. The van der Waals surface area contributed by atoms with E-state index < -0.39 is 12.1 Å². The highest BCUT2D eigenvalue weighted by Crippen LogP contribution is 2.32. The van der Waals surface area contributed by atoms with Crippen molar-refractivity contribution in [3.8, 4) is 6.07 Å². The topological polar surface area (TPSA) is 64.4 Å². The van der Waals surface area contributed by atoms with Gasteiger partial charge in [-0.1, -0.05) is 19.1 Å². The van der Waals surface area contributed by atoms with Crippen molar-refractivity contribution in [3.05, 3.63) is 35.6 Å². The van der Waals surface area contributed by atoms with Gasteiger partial charge >= 0.3 is 0 Å². The molecule has 2 amide bonds. The molecule has 1 unspecified atom stereocenters. The minimum Gasteiger partial charge on any atom is -0.332 e. The fourth-order valence-electron chi connectivity index (χ4n) is 3.19. The zero-order chi connectivity index (χ0) is 17.9. The molecular weight excluding hydrogens is 309 g/mol. The van der Waals surface area contributed by atoms with Crippen LogP contribution in [0.2, 0.25) is 0 Å². The van der Waals surface area contributed by atoms with Crippen LogP contribution in [-0.2, 0) is 9.59 Å². The predicted molar refractivity (Wildman–Crippen MR) is 87.1 cm³/mol. The molecule has 0 radical (unpaired) electrons. The fourth-order valence-corrected chi connectivity index (χ4v) is 3.19. The number of rotatable bonds is 5. The molecule has 1 fully saturated rings. The Morgan fingerprint density at radius 3 is 2.42 bits per heavy atom. The second-order valence-electron chi connectivity index (χ2n) is 6.06. The van der Waals surface area contributed by atoms with Gasteiger partial charge in [-0.2, -0.15) is 5.26 Å². The molecule has 2 rings (SSSR count). The highest BCUT2D eigenvalue weighted by atomic mass is 19.1. The van der Waals surface area contributed by atoms with E-state index in [1.807, 2.05) is 13.0 Å². The van der Waals surface area contributed by atoms with E-state index in [1.54, 1.807) is 31.0 Å². The summed E-state index contributed by atoms with van der Waals surface area (Å²) < 4.78 is 13.2. The van der Waals surface area contributed by atoms with Crippen molar-refractivity contribution in [3.63, 3.8) is 0 Å². The van der Waals surface area contributed by atoms with Crippen LogP contribution in [0.4, 0.5) is 4.39 Å². The van der Waals surface area contributed by atoms with E-state index in [1.165, 1.54) is 17.0 Å². The smallest absolute Gasteiger partial charge is 0.246 e. The molecule has 5 nitrogen and oxygen atoms in total. The average Bonchev–Trinajstić information content (AvgIpc) is 2.59. The van der Waals surface area contributed by atoms with E-state index >= 15 is 0 Å². The Balaban J connectivity index is 2.43. The SMILES string of the molecule is CCC(c1ccc(F)cc1)N1C(=O)[C@@H](C)N(C)C(=O)[C@@H]1CCC#N. The van der Waals surface area contributed by atoms with Crippen molar-refractivity contribution in [2.75, 3.05) is 7.05 Å². The summed E-state index contributed by atoms with van der Waals surface area (Å²) in [6, 6.07) is 6.51. The third kappa shape index (κ3) is 3.25. The molecule has 3 atom stereocenters. The first-order valence-corrected chi connectivity index (χ1v) is 8.13. The molecule has 128 valence electrons. The number of halogens is 1. The van der Waals surface area contributed by atoms with Crippen LogP contribution in [0.3, 0.4) is 0 Å². The molecule has 6 heteroatoms. The first-order chi connectivity index (χ1) is 11.4. The number of nitriles is 1. The van der Waals surface area contributed by atoms with E-state index in [2.05, 4.69) is 0 Å². The van der Waals surface area contributed by atoms with Crippen LogP contribution in [-0.4, -0.2) is 40.7 Å². The van der Waals surface area contributed by atoms with E-state index in [-0.39, 0.29) is 30.1 Å². The predicted octanol–water partition coefficient (Wildman–Crippen LogP) is 2.64. The van der Waals surface area contributed by atoms with Gasteiger partial charge < -0.3 is 9.80 Å². The summed E-state index contributed by atoms with van der Waals surface area (Å²) in [5.41, 5.74) is 0.791. The molecule has 1 aromatic rings. The number of hydrogen-bond acceptors (Lipinski definition) is 3. The first kappa shape index (κ1) is 17.9. The lowest BCUT2D eigenvalue weighted by molar-refractivity contribution is -0.162. The standard InChI is InChI=1S/C18H22FN3O2/c1-4-15(13-7-9-14(19)10-8-13)22-16(6-5-11-20)18(24)21(3)12(2)17(22)23/h7-10,12,15-16H,4-6H2,1-3H3/t12-,15?,16+/m1/s1. The molecule has 0 saturated carbocycles. The van der Waals surface area contributed by atoms with Gasteiger partial charge in [-0.3, -0.25) is 9.59 Å². The van der Waals surface area contributed by atoms with E-state index in [9.17, 15) is 14.0 Å². The van der Waals surface area contributed by atoms with E-state index in [4.69, 9.17) is 5.26 Å². The van der Waals surface area contributed by atoms with Crippen LogP contribution in [0.5, 0.6) is 0 Å². The first-order valence-electron chi connectivity index (χ1n) is 8.13. The van der Waals surface area contributed by atoms with E-state index in [0.29, 0.717) is 12.8 Å². The minimum atomic E-state index is -0.659. The van der Waals surface area contributed by atoms with Crippen molar-refractivity contribution < 1.29 is 14.0 Å². The minimum absolute atomic E-state index is 0.142. The Kier molecular flexibility index (Phi) is 5.55. The molecule has 0 aromatic heterocycles. The normalized spacial score (nSPS) is 22.5. The van der Waals surface area contributed by atoms with Gasteiger partial charge in [0.2, 0.25) is 11.8 Å². The molecule has 1 aliphatic rings. The molecule has 1 heterocycles. The summed E-state index contributed by atoms with van der Waals surface area (Å²) in [4.78, 5) is 28.6. The molecule has 24 heavy (non-hydrogen) atoms. The number of benzene rings is 1. The molecule has 1 aliphatic heterocycles. The van der Waals surface area contributed by atoms with Crippen molar-refractivity contribution in [1.82, 2.24) is 9.80 Å². The van der Waals surface area contributed by atoms with Gasteiger partial charge in [-0.15, -0.1) is 0 Å². The van der Waals surface area contributed by atoms with Gasteiger partial charge in [0, 0.05) is 13.5 Å². The maximum Gasteiger partial charge on any atom is 0.246 e. The van der Waals surface area contributed by atoms with E-state index in [0.717, 1.165) is 5.56 Å². The highest BCUT2D eigenvalue weighted by Gasteiger charge is 2.44. The van der Waals surface area contributed by atoms with Crippen LogP contribution in [0.15, 0.2) is 24.3 Å². The largest absolute Gasteiger partial charge is 0.332 e. The average molecular weight is 331 g/mol. The number of likely N-dealkylation sites (N-methyl/N-ethyl adjacent to an activating group) is 1. The molecule has 1 aromatic carbocycles. The summed E-state index contributed by atoms with van der Waals surface area (Å²) in [5, 5.41) is 8.88. The molecule has 0 N–H and O–H groups in total. The second-order valence-corrected chi connectivity index (χ2v) is 6.06. The quantitative estimate of drug-likeness (QED) is 0.833. The van der Waals surface area contributed by atoms with Crippen molar-refractivity contribution >= 4 is 11.8 Å². The van der Waals surface area contributed by atoms with Gasteiger partial charge in [0.25, 0.3) is 0 Å². The summed E-state index contributed by atoms with van der Waals surface area (Å²) >= 11 is 0. The Morgan fingerprint density at radius 2 is 1.88 bits per heavy atom. The van der Waals surface area contributed by atoms with Crippen LogP contribution in [0, 0.1) is 17.1 Å². The molecule has 0 spiro atoms. The zero-order valence-corrected chi connectivity index (χ0v) is 14.2. The van der Waals surface area contributed by atoms with Crippen molar-refractivity contribution in [2.24, 2.45) is 0 Å². The summed E-state index contributed by atoms with van der Waals surface area (Å²) in [7, 11) is 1.61.